The lowest BCUT2D eigenvalue weighted by atomic mass is 10.1. The number of pyridine rings is 1. The van der Waals surface area contributed by atoms with Gasteiger partial charge in [0.1, 0.15) is 0 Å². The molecule has 2 aromatic rings. The minimum Gasteiger partial charge on any atom is -0.382 e. The van der Waals surface area contributed by atoms with Gasteiger partial charge in [0.15, 0.2) is 0 Å². The molecule has 1 saturated carbocycles. The van der Waals surface area contributed by atoms with E-state index in [-0.39, 0.29) is 10.6 Å². The summed E-state index contributed by atoms with van der Waals surface area (Å²) in [6, 6.07) is 5.71. The number of nitrogens with one attached hydrogen (secondary N) is 1. The van der Waals surface area contributed by atoms with Crippen LogP contribution in [0.1, 0.15) is 38.5 Å². The van der Waals surface area contributed by atoms with Crippen molar-refractivity contribution in [2.75, 3.05) is 5.32 Å². The molecule has 21 heavy (non-hydrogen) atoms. The van der Waals surface area contributed by atoms with E-state index in [0.717, 1.165) is 11.1 Å². The van der Waals surface area contributed by atoms with Crippen molar-refractivity contribution in [1.82, 2.24) is 4.98 Å². The molecular formula is C16H19N3O2. The van der Waals surface area contributed by atoms with Gasteiger partial charge in [0.2, 0.25) is 0 Å². The van der Waals surface area contributed by atoms with Crippen molar-refractivity contribution in [2.24, 2.45) is 0 Å². The standard InChI is InChI=1S/C16H19N3O2/c20-19(21)16-8-7-15(13-9-10-17-11-14(13)16)18-12-5-3-1-2-4-6-12/h7-12,18H,1-6H2. The Labute approximate surface area is 123 Å². The molecule has 1 heterocycles. The smallest absolute Gasteiger partial charge is 0.278 e. The van der Waals surface area contributed by atoms with Crippen molar-refractivity contribution >= 4 is 22.1 Å². The predicted octanol–water partition coefficient (Wildman–Crippen LogP) is 4.28. The second-order valence-corrected chi connectivity index (χ2v) is 5.64. The summed E-state index contributed by atoms with van der Waals surface area (Å²) >= 11 is 0. The van der Waals surface area contributed by atoms with Crippen molar-refractivity contribution in [3.8, 4) is 0 Å². The second-order valence-electron chi connectivity index (χ2n) is 5.64. The Morgan fingerprint density at radius 1 is 1.10 bits per heavy atom. The Morgan fingerprint density at radius 2 is 1.86 bits per heavy atom. The number of nitro groups is 1. The average Bonchev–Trinajstić information content (AvgIpc) is 2.76. The van der Waals surface area contributed by atoms with E-state index in [1.54, 1.807) is 18.5 Å². The summed E-state index contributed by atoms with van der Waals surface area (Å²) in [5.41, 5.74) is 1.09. The van der Waals surface area contributed by atoms with Crippen LogP contribution in [0.4, 0.5) is 11.4 Å². The van der Waals surface area contributed by atoms with Crippen LogP contribution < -0.4 is 5.32 Å². The van der Waals surface area contributed by atoms with Crippen molar-refractivity contribution in [1.29, 1.82) is 0 Å². The third kappa shape index (κ3) is 2.96. The molecule has 0 amide bonds. The van der Waals surface area contributed by atoms with Crippen LogP contribution in [0, 0.1) is 10.1 Å². The van der Waals surface area contributed by atoms with Gasteiger partial charge in [-0.2, -0.15) is 0 Å². The van der Waals surface area contributed by atoms with E-state index in [9.17, 15) is 10.1 Å². The van der Waals surface area contributed by atoms with Crippen LogP contribution >= 0.6 is 0 Å². The summed E-state index contributed by atoms with van der Waals surface area (Å²) in [5.74, 6) is 0. The number of hydrogen-bond donors (Lipinski definition) is 1. The maximum Gasteiger partial charge on any atom is 0.278 e. The highest BCUT2D eigenvalue weighted by Crippen LogP contribution is 2.32. The Morgan fingerprint density at radius 3 is 2.57 bits per heavy atom. The average molecular weight is 285 g/mol. The monoisotopic (exact) mass is 285 g/mol. The first-order chi connectivity index (χ1) is 10.3. The first-order valence-electron chi connectivity index (χ1n) is 7.53. The summed E-state index contributed by atoms with van der Waals surface area (Å²) in [5, 5.41) is 16.2. The highest BCUT2D eigenvalue weighted by molar-refractivity contribution is 5.99. The molecule has 1 N–H and O–H groups in total. The number of non-ortho nitro benzene ring substituents is 1. The maximum absolute atomic E-state index is 11.1. The lowest BCUT2D eigenvalue weighted by molar-refractivity contribution is -0.383. The zero-order chi connectivity index (χ0) is 14.7. The molecule has 0 spiro atoms. The Hall–Kier alpha value is -2.17. The highest BCUT2D eigenvalue weighted by atomic mass is 16.6. The van der Waals surface area contributed by atoms with Crippen LogP contribution in [-0.2, 0) is 0 Å². The van der Waals surface area contributed by atoms with Crippen molar-refractivity contribution < 1.29 is 4.92 Å². The summed E-state index contributed by atoms with van der Waals surface area (Å²) in [4.78, 5) is 14.8. The van der Waals surface area contributed by atoms with Gasteiger partial charge in [0, 0.05) is 35.6 Å². The molecule has 1 aliphatic carbocycles. The van der Waals surface area contributed by atoms with E-state index in [0.29, 0.717) is 11.4 Å². The lowest BCUT2D eigenvalue weighted by Gasteiger charge is -2.19. The fraction of sp³-hybridized carbons (Fsp3) is 0.438. The lowest BCUT2D eigenvalue weighted by Crippen LogP contribution is -2.18. The molecule has 3 rings (SSSR count). The molecule has 0 saturated heterocycles. The van der Waals surface area contributed by atoms with Gasteiger partial charge in [-0.25, -0.2) is 0 Å². The molecule has 1 aromatic heterocycles. The van der Waals surface area contributed by atoms with Crippen molar-refractivity contribution in [3.05, 3.63) is 40.7 Å². The molecule has 1 fully saturated rings. The molecule has 0 radical (unpaired) electrons. The molecule has 5 heteroatoms. The zero-order valence-electron chi connectivity index (χ0n) is 11.9. The van der Waals surface area contributed by atoms with E-state index >= 15 is 0 Å². The predicted molar refractivity (Wildman–Crippen MR) is 83.5 cm³/mol. The number of nitrogens with zero attached hydrogens (tertiary/aromatic N) is 2. The summed E-state index contributed by atoms with van der Waals surface area (Å²) in [6.45, 7) is 0. The third-order valence-electron chi connectivity index (χ3n) is 4.21. The van der Waals surface area contributed by atoms with Gasteiger partial charge in [0.25, 0.3) is 5.69 Å². The van der Waals surface area contributed by atoms with Gasteiger partial charge in [-0.3, -0.25) is 15.1 Å². The van der Waals surface area contributed by atoms with Crippen molar-refractivity contribution in [3.63, 3.8) is 0 Å². The zero-order valence-corrected chi connectivity index (χ0v) is 11.9. The number of fused-ring (bicyclic) bond motifs is 1. The van der Waals surface area contributed by atoms with Gasteiger partial charge in [0.05, 0.1) is 10.3 Å². The van der Waals surface area contributed by atoms with Crippen LogP contribution in [0.2, 0.25) is 0 Å². The number of rotatable bonds is 3. The second kappa shape index (κ2) is 6.08. The van der Waals surface area contributed by atoms with Crippen LogP contribution in [-0.4, -0.2) is 15.9 Å². The maximum atomic E-state index is 11.1. The minimum atomic E-state index is -0.348. The summed E-state index contributed by atoms with van der Waals surface area (Å²) < 4.78 is 0. The fourth-order valence-corrected chi connectivity index (χ4v) is 3.10. The number of nitro benzene ring substituents is 1. The van der Waals surface area contributed by atoms with Gasteiger partial charge in [-0.1, -0.05) is 25.7 Å². The number of anilines is 1. The summed E-state index contributed by atoms with van der Waals surface area (Å²) in [7, 11) is 0. The first-order valence-corrected chi connectivity index (χ1v) is 7.53. The summed E-state index contributed by atoms with van der Waals surface area (Å²) in [6.07, 6.45) is 10.7. The molecule has 1 aromatic carbocycles. The normalized spacial score (nSPS) is 16.6. The van der Waals surface area contributed by atoms with Crippen molar-refractivity contribution in [2.45, 2.75) is 44.6 Å². The topological polar surface area (TPSA) is 68.1 Å². The molecule has 110 valence electrons. The number of benzene rings is 1. The molecule has 0 atom stereocenters. The van der Waals surface area contributed by atoms with E-state index < -0.39 is 0 Å². The Kier molecular flexibility index (Phi) is 3.99. The van der Waals surface area contributed by atoms with Crippen LogP contribution in [0.25, 0.3) is 10.8 Å². The molecule has 0 unspecified atom stereocenters. The minimum absolute atomic E-state index is 0.115. The molecule has 0 aliphatic heterocycles. The highest BCUT2D eigenvalue weighted by Gasteiger charge is 2.17. The molecule has 1 aliphatic rings. The Balaban J connectivity index is 1.95. The largest absolute Gasteiger partial charge is 0.382 e. The molecular weight excluding hydrogens is 266 g/mol. The van der Waals surface area contributed by atoms with Crippen LogP contribution in [0.3, 0.4) is 0 Å². The van der Waals surface area contributed by atoms with E-state index in [1.807, 2.05) is 12.1 Å². The molecule has 5 nitrogen and oxygen atoms in total. The van der Waals surface area contributed by atoms with Gasteiger partial charge >= 0.3 is 0 Å². The van der Waals surface area contributed by atoms with E-state index in [4.69, 9.17) is 0 Å². The Bertz CT molecular complexity index is 649. The number of hydrogen-bond acceptors (Lipinski definition) is 4. The molecule has 0 bridgehead atoms. The number of aromatic nitrogens is 1. The SMILES string of the molecule is O=[N+]([O-])c1ccc(NC2CCCCCC2)c2ccncc12. The first kappa shape index (κ1) is 13.8. The van der Waals surface area contributed by atoms with E-state index in [1.165, 1.54) is 38.5 Å². The van der Waals surface area contributed by atoms with Gasteiger partial charge in [-0.15, -0.1) is 0 Å². The quantitative estimate of drug-likeness (QED) is 0.519. The van der Waals surface area contributed by atoms with Gasteiger partial charge < -0.3 is 5.32 Å². The van der Waals surface area contributed by atoms with E-state index in [2.05, 4.69) is 10.3 Å². The van der Waals surface area contributed by atoms with Crippen LogP contribution in [0.15, 0.2) is 30.6 Å². The van der Waals surface area contributed by atoms with Crippen LogP contribution in [0.5, 0.6) is 0 Å². The third-order valence-corrected chi connectivity index (χ3v) is 4.21. The fourth-order valence-electron chi connectivity index (χ4n) is 3.10. The van der Waals surface area contributed by atoms with Gasteiger partial charge in [-0.05, 0) is 25.0 Å².